The molecule has 104 valence electrons. The molecular formula is C15H15ClN2OS. The van der Waals surface area contributed by atoms with Gasteiger partial charge in [-0.1, -0.05) is 30.7 Å². The first kappa shape index (κ1) is 14.8. The predicted octanol–water partition coefficient (Wildman–Crippen LogP) is 4.03. The highest BCUT2D eigenvalue weighted by Crippen LogP contribution is 2.28. The van der Waals surface area contributed by atoms with Gasteiger partial charge in [0.1, 0.15) is 10.7 Å². The topological polar surface area (TPSA) is 48.1 Å². The van der Waals surface area contributed by atoms with E-state index in [1.54, 1.807) is 12.3 Å². The van der Waals surface area contributed by atoms with Crippen molar-refractivity contribution in [3.8, 4) is 11.6 Å². The van der Waals surface area contributed by atoms with Gasteiger partial charge >= 0.3 is 0 Å². The lowest BCUT2D eigenvalue weighted by Gasteiger charge is -2.12. The summed E-state index contributed by atoms with van der Waals surface area (Å²) in [6.07, 6.45) is 2.50. The summed E-state index contributed by atoms with van der Waals surface area (Å²) in [6.45, 7) is 3.96. The molecule has 2 rings (SSSR count). The van der Waals surface area contributed by atoms with E-state index in [0.29, 0.717) is 17.2 Å². The second kappa shape index (κ2) is 6.20. The molecule has 0 saturated carbocycles. The number of nitrogens with two attached hydrogens (primary N) is 1. The second-order valence-electron chi connectivity index (χ2n) is 4.38. The fourth-order valence-electron chi connectivity index (χ4n) is 1.91. The Bertz CT molecular complexity index is 658. The number of pyridine rings is 1. The molecule has 0 amide bonds. The molecule has 20 heavy (non-hydrogen) atoms. The van der Waals surface area contributed by atoms with Gasteiger partial charge in [-0.2, -0.15) is 0 Å². The van der Waals surface area contributed by atoms with Crippen LogP contribution in [0.3, 0.4) is 0 Å². The Morgan fingerprint density at radius 1 is 1.40 bits per heavy atom. The van der Waals surface area contributed by atoms with E-state index in [2.05, 4.69) is 4.98 Å². The summed E-state index contributed by atoms with van der Waals surface area (Å²) in [5, 5.41) is 0.728. The van der Waals surface area contributed by atoms with Crippen molar-refractivity contribution < 1.29 is 4.74 Å². The van der Waals surface area contributed by atoms with Crippen LogP contribution in [0.4, 0.5) is 0 Å². The van der Waals surface area contributed by atoms with E-state index in [4.69, 9.17) is 34.3 Å². The van der Waals surface area contributed by atoms with E-state index >= 15 is 0 Å². The SMILES string of the molecule is CCc1cc(Oc2nccc(C)c2C(N)=S)ccc1Cl. The van der Waals surface area contributed by atoms with Gasteiger partial charge in [0.25, 0.3) is 0 Å². The van der Waals surface area contributed by atoms with E-state index in [1.807, 2.05) is 32.0 Å². The van der Waals surface area contributed by atoms with Gasteiger partial charge in [-0.15, -0.1) is 0 Å². The Labute approximate surface area is 128 Å². The van der Waals surface area contributed by atoms with Crippen molar-refractivity contribution in [2.24, 2.45) is 5.73 Å². The van der Waals surface area contributed by atoms with Crippen LogP contribution in [0, 0.1) is 6.92 Å². The van der Waals surface area contributed by atoms with Crippen molar-refractivity contribution in [3.63, 3.8) is 0 Å². The lowest BCUT2D eigenvalue weighted by Crippen LogP contribution is -2.13. The Balaban J connectivity index is 2.40. The van der Waals surface area contributed by atoms with Crippen molar-refractivity contribution in [2.75, 3.05) is 0 Å². The summed E-state index contributed by atoms with van der Waals surface area (Å²) < 4.78 is 5.81. The number of hydrogen-bond acceptors (Lipinski definition) is 3. The van der Waals surface area contributed by atoms with Crippen molar-refractivity contribution >= 4 is 28.8 Å². The normalized spacial score (nSPS) is 10.3. The Kier molecular flexibility index (Phi) is 4.57. The molecule has 0 radical (unpaired) electrons. The van der Waals surface area contributed by atoms with Gasteiger partial charge in [0.2, 0.25) is 5.88 Å². The minimum absolute atomic E-state index is 0.273. The van der Waals surface area contributed by atoms with Crippen LogP contribution in [0.2, 0.25) is 5.02 Å². The average Bonchev–Trinajstić information content (AvgIpc) is 2.40. The molecule has 2 N–H and O–H groups in total. The molecular weight excluding hydrogens is 292 g/mol. The van der Waals surface area contributed by atoms with E-state index in [9.17, 15) is 0 Å². The largest absolute Gasteiger partial charge is 0.438 e. The highest BCUT2D eigenvalue weighted by molar-refractivity contribution is 7.80. The number of aryl methyl sites for hydroxylation is 2. The molecule has 2 aromatic rings. The summed E-state index contributed by atoms with van der Waals surface area (Å²) in [6, 6.07) is 7.36. The Hall–Kier alpha value is -1.65. The maximum Gasteiger partial charge on any atom is 0.229 e. The number of hydrogen-bond donors (Lipinski definition) is 1. The maximum atomic E-state index is 6.09. The van der Waals surface area contributed by atoms with E-state index in [-0.39, 0.29) is 4.99 Å². The lowest BCUT2D eigenvalue weighted by atomic mass is 10.1. The van der Waals surface area contributed by atoms with Crippen molar-refractivity contribution in [2.45, 2.75) is 20.3 Å². The first-order chi connectivity index (χ1) is 9.52. The van der Waals surface area contributed by atoms with Gasteiger partial charge < -0.3 is 10.5 Å². The third-order valence-corrected chi connectivity index (χ3v) is 3.56. The van der Waals surface area contributed by atoms with Crippen molar-refractivity contribution in [1.82, 2.24) is 4.98 Å². The zero-order valence-corrected chi connectivity index (χ0v) is 12.9. The molecule has 5 heteroatoms. The van der Waals surface area contributed by atoms with Crippen LogP contribution < -0.4 is 10.5 Å². The monoisotopic (exact) mass is 306 g/mol. The zero-order chi connectivity index (χ0) is 14.7. The van der Waals surface area contributed by atoms with E-state index in [0.717, 1.165) is 22.6 Å². The maximum absolute atomic E-state index is 6.09. The molecule has 0 aliphatic heterocycles. The fraction of sp³-hybridized carbons (Fsp3) is 0.200. The highest BCUT2D eigenvalue weighted by atomic mass is 35.5. The van der Waals surface area contributed by atoms with Gasteiger partial charge in [0, 0.05) is 11.2 Å². The van der Waals surface area contributed by atoms with E-state index < -0.39 is 0 Å². The van der Waals surface area contributed by atoms with Crippen LogP contribution in [-0.2, 0) is 6.42 Å². The molecule has 0 atom stereocenters. The van der Waals surface area contributed by atoms with Crippen LogP contribution in [-0.4, -0.2) is 9.97 Å². The van der Waals surface area contributed by atoms with Crippen LogP contribution in [0.1, 0.15) is 23.6 Å². The van der Waals surface area contributed by atoms with Crippen molar-refractivity contribution in [1.29, 1.82) is 0 Å². The van der Waals surface area contributed by atoms with Crippen LogP contribution >= 0.6 is 23.8 Å². The summed E-state index contributed by atoms with van der Waals surface area (Å²) >= 11 is 11.2. The van der Waals surface area contributed by atoms with E-state index in [1.165, 1.54) is 0 Å². The lowest BCUT2D eigenvalue weighted by molar-refractivity contribution is 0.461. The predicted molar refractivity (Wildman–Crippen MR) is 85.8 cm³/mol. The molecule has 3 nitrogen and oxygen atoms in total. The fourth-order valence-corrected chi connectivity index (χ4v) is 2.41. The summed E-state index contributed by atoms with van der Waals surface area (Å²) in [7, 11) is 0. The minimum atomic E-state index is 0.273. The van der Waals surface area contributed by atoms with Crippen molar-refractivity contribution in [3.05, 3.63) is 52.2 Å². The quantitative estimate of drug-likeness (QED) is 0.866. The molecule has 0 saturated heterocycles. The average molecular weight is 307 g/mol. The van der Waals surface area contributed by atoms with Gasteiger partial charge in [-0.05, 0) is 48.7 Å². The van der Waals surface area contributed by atoms with Gasteiger partial charge in [0.05, 0.1) is 5.56 Å². The minimum Gasteiger partial charge on any atom is -0.438 e. The van der Waals surface area contributed by atoms with Gasteiger partial charge in [0.15, 0.2) is 0 Å². The standard InChI is InChI=1S/C15H15ClN2OS/c1-3-10-8-11(4-5-12(10)16)19-15-13(14(17)20)9(2)6-7-18-15/h4-8H,3H2,1-2H3,(H2,17,20). The molecule has 0 spiro atoms. The number of halogens is 1. The molecule has 0 bridgehead atoms. The summed E-state index contributed by atoms with van der Waals surface area (Å²) in [5.41, 5.74) is 8.36. The molecule has 0 aliphatic rings. The third-order valence-electron chi connectivity index (χ3n) is 2.98. The molecule has 0 fully saturated rings. The zero-order valence-electron chi connectivity index (χ0n) is 11.3. The summed E-state index contributed by atoms with van der Waals surface area (Å²) in [4.78, 5) is 4.48. The first-order valence-electron chi connectivity index (χ1n) is 6.24. The summed E-state index contributed by atoms with van der Waals surface area (Å²) in [5.74, 6) is 1.09. The Morgan fingerprint density at radius 2 is 2.15 bits per heavy atom. The Morgan fingerprint density at radius 3 is 2.80 bits per heavy atom. The first-order valence-corrected chi connectivity index (χ1v) is 7.03. The number of nitrogens with zero attached hydrogens (tertiary/aromatic N) is 1. The number of ether oxygens (including phenoxy) is 1. The molecule has 0 unspecified atom stereocenters. The highest BCUT2D eigenvalue weighted by Gasteiger charge is 2.12. The third kappa shape index (κ3) is 3.08. The molecule has 1 aromatic carbocycles. The van der Waals surface area contributed by atoms with Crippen LogP contribution in [0.5, 0.6) is 11.6 Å². The second-order valence-corrected chi connectivity index (χ2v) is 5.23. The van der Waals surface area contributed by atoms with Crippen LogP contribution in [0.15, 0.2) is 30.5 Å². The molecule has 0 aliphatic carbocycles. The van der Waals surface area contributed by atoms with Crippen LogP contribution in [0.25, 0.3) is 0 Å². The van der Waals surface area contributed by atoms with Gasteiger partial charge in [-0.25, -0.2) is 4.98 Å². The number of thiocarbonyl (C=S) groups is 1. The molecule has 1 heterocycles. The number of aromatic nitrogens is 1. The molecule has 1 aromatic heterocycles. The number of benzene rings is 1. The smallest absolute Gasteiger partial charge is 0.229 e. The number of rotatable bonds is 4. The van der Waals surface area contributed by atoms with Gasteiger partial charge in [-0.3, -0.25) is 0 Å².